The Morgan fingerprint density at radius 2 is 0.902 bits per heavy atom. The van der Waals surface area contributed by atoms with E-state index in [1.165, 1.54) is 35.1 Å². The summed E-state index contributed by atoms with van der Waals surface area (Å²) in [5.41, 5.74) is 12.2. The lowest BCUT2D eigenvalue weighted by molar-refractivity contribution is -0.117. The van der Waals surface area contributed by atoms with Gasteiger partial charge in [-0.05, 0) is 123 Å². The fourth-order valence-corrected chi connectivity index (χ4v) is 9.96. The zero-order valence-electron chi connectivity index (χ0n) is 37.6. The van der Waals surface area contributed by atoms with E-state index < -0.39 is 21.2 Å². The van der Waals surface area contributed by atoms with E-state index in [9.17, 15) is 23.1 Å². The van der Waals surface area contributed by atoms with E-state index in [2.05, 4.69) is 112 Å². The first kappa shape index (κ1) is 45.4. The molecule has 0 bridgehead atoms. The van der Waals surface area contributed by atoms with Crippen molar-refractivity contribution in [2.45, 2.75) is 137 Å². The van der Waals surface area contributed by atoms with Crippen LogP contribution in [0.3, 0.4) is 0 Å². The highest BCUT2D eigenvalue weighted by atomic mass is 32.2. The van der Waals surface area contributed by atoms with E-state index in [1.807, 2.05) is 26.8 Å². The number of amides is 2. The molecule has 0 saturated heterocycles. The number of hydrogen-bond acceptors (Lipinski definition) is 6. The first-order valence-corrected chi connectivity index (χ1v) is 23.8. The number of nitrogens with one attached hydrogen (secondary N) is 2. The van der Waals surface area contributed by atoms with E-state index in [1.54, 1.807) is 0 Å². The Hall–Kier alpha value is -5.15. The van der Waals surface area contributed by atoms with Crippen molar-refractivity contribution in [1.82, 2.24) is 10.6 Å². The van der Waals surface area contributed by atoms with Crippen molar-refractivity contribution in [2.75, 3.05) is 6.26 Å². The number of hydrogen-bond donors (Lipinski definition) is 3. The molecule has 4 aromatic rings. The van der Waals surface area contributed by atoms with Crippen LogP contribution in [-0.4, -0.2) is 42.7 Å². The van der Waals surface area contributed by atoms with Gasteiger partial charge in [0.05, 0.1) is 22.9 Å². The Morgan fingerprint density at radius 3 is 1.33 bits per heavy atom. The van der Waals surface area contributed by atoms with Crippen LogP contribution in [-0.2, 0) is 23.9 Å². The summed E-state index contributed by atoms with van der Waals surface area (Å²) in [6.45, 7) is 16.4. The topological polar surface area (TPSA) is 122 Å². The van der Waals surface area contributed by atoms with Gasteiger partial charge in [-0.1, -0.05) is 143 Å². The van der Waals surface area contributed by atoms with Crippen LogP contribution < -0.4 is 10.6 Å². The van der Waals surface area contributed by atoms with Crippen LogP contribution in [0.25, 0.3) is 33.4 Å². The normalized spacial score (nSPS) is 18.0. The van der Waals surface area contributed by atoms with Crippen molar-refractivity contribution in [2.24, 2.45) is 0 Å². The lowest BCUT2D eigenvalue weighted by Gasteiger charge is -2.34. The molecule has 2 fully saturated rings. The van der Waals surface area contributed by atoms with Gasteiger partial charge < -0.3 is 19.9 Å². The molecule has 2 saturated carbocycles. The van der Waals surface area contributed by atoms with E-state index in [4.69, 9.17) is 4.18 Å². The minimum Gasteiger partial charge on any atom is -0.509 e. The van der Waals surface area contributed by atoms with Gasteiger partial charge in [0.2, 0.25) is 0 Å². The molecule has 3 N–H and O–H groups in total. The molecule has 2 spiro atoms. The van der Waals surface area contributed by atoms with E-state index in [0.29, 0.717) is 24.0 Å². The quantitative estimate of drug-likeness (QED) is 0.166. The monoisotopic (exact) mass is 844 g/mol. The Morgan fingerprint density at radius 1 is 0.557 bits per heavy atom. The number of aryl methyl sites for hydroxylation is 6. The standard InChI is InChI=1S/C25H29NO4S.C24H27NO2.C3H8/c1-16-8-10-19(11-9-16)20-14-18(3)21(15-17(20)2)22-23(30-31(4,28)29)25(26-24(22)27)12-6-5-7-13-25;1-15-7-9-18(10-8-15)19-13-17(3)20(14-16(19)2)21-22(26)24(25-23(21)27)11-5-4-6-12-24;1-3-2/h8-11,14-15H,5-7,12-13H2,1-4H3,(H,26,27);7-10,13-14,26H,4-6,11-12H2,1-3H3,(H,25,27);3H2,1-2H3. The van der Waals surface area contributed by atoms with Crippen LogP contribution in [0.1, 0.15) is 129 Å². The molecule has 61 heavy (non-hydrogen) atoms. The predicted molar refractivity (Wildman–Crippen MR) is 248 cm³/mol. The Balaban J connectivity index is 0.000000193. The van der Waals surface area contributed by atoms with Gasteiger partial charge in [-0.2, -0.15) is 8.42 Å². The van der Waals surface area contributed by atoms with Crippen molar-refractivity contribution in [3.05, 3.63) is 129 Å². The molecule has 0 radical (unpaired) electrons. The molecule has 2 aliphatic carbocycles. The molecule has 4 aromatic carbocycles. The zero-order chi connectivity index (χ0) is 44.3. The summed E-state index contributed by atoms with van der Waals surface area (Å²) in [5.74, 6) is 0.120. The highest BCUT2D eigenvalue weighted by molar-refractivity contribution is 7.86. The number of aliphatic hydroxyl groups excluding tert-OH is 1. The Labute approximate surface area is 364 Å². The SMILES string of the molecule is CCC.Cc1ccc(-c2cc(C)c(C3=C(O)C4(CCCCC4)NC3=O)cc2C)cc1.Cc1ccc(-c2cc(C)c(C3=C(OS(C)(=O)=O)C4(CCCCC4)NC3=O)cc2C)cc1. The van der Waals surface area contributed by atoms with Gasteiger partial charge in [-0.3, -0.25) is 9.59 Å². The second kappa shape index (κ2) is 18.4. The Bertz CT molecular complexity index is 2470. The second-order valence-corrected chi connectivity index (χ2v) is 19.4. The van der Waals surface area contributed by atoms with Gasteiger partial charge in [0.15, 0.2) is 5.76 Å². The highest BCUT2D eigenvalue weighted by Crippen LogP contribution is 2.46. The Kier molecular flexibility index (Phi) is 13.7. The van der Waals surface area contributed by atoms with Gasteiger partial charge in [0.25, 0.3) is 11.8 Å². The third-order valence-corrected chi connectivity index (χ3v) is 13.0. The second-order valence-electron chi connectivity index (χ2n) is 17.8. The minimum atomic E-state index is -3.78. The third-order valence-electron chi connectivity index (χ3n) is 12.6. The molecule has 0 atom stereocenters. The lowest BCUT2D eigenvalue weighted by Crippen LogP contribution is -2.46. The van der Waals surface area contributed by atoms with Crippen molar-refractivity contribution < 1.29 is 27.3 Å². The number of carbonyl (C=O) groups is 2. The number of benzene rings is 4. The molecule has 324 valence electrons. The van der Waals surface area contributed by atoms with E-state index in [-0.39, 0.29) is 23.3 Å². The molecule has 8 rings (SSSR count). The summed E-state index contributed by atoms with van der Waals surface area (Å²) in [6.07, 6.45) is 11.5. The van der Waals surface area contributed by atoms with Crippen LogP contribution in [0.15, 0.2) is 84.3 Å². The number of rotatable bonds is 6. The van der Waals surface area contributed by atoms with Crippen LogP contribution >= 0.6 is 0 Å². The first-order valence-electron chi connectivity index (χ1n) is 22.0. The van der Waals surface area contributed by atoms with Gasteiger partial charge in [-0.25, -0.2) is 0 Å². The van der Waals surface area contributed by atoms with Crippen molar-refractivity contribution in [3.8, 4) is 22.3 Å². The van der Waals surface area contributed by atoms with Crippen molar-refractivity contribution >= 4 is 33.1 Å². The minimum absolute atomic E-state index is 0.139. The maximum Gasteiger partial charge on any atom is 0.306 e. The van der Waals surface area contributed by atoms with Crippen LogP contribution in [0.4, 0.5) is 0 Å². The summed E-state index contributed by atoms with van der Waals surface area (Å²) in [4.78, 5) is 25.9. The van der Waals surface area contributed by atoms with Crippen LogP contribution in [0.5, 0.6) is 0 Å². The van der Waals surface area contributed by atoms with Gasteiger partial charge in [0, 0.05) is 0 Å². The van der Waals surface area contributed by atoms with Crippen LogP contribution in [0.2, 0.25) is 0 Å². The molecule has 0 unspecified atom stereocenters. The maximum absolute atomic E-state index is 13.2. The number of aliphatic hydroxyl groups is 1. The molecule has 2 aliphatic heterocycles. The summed E-state index contributed by atoms with van der Waals surface area (Å²) >= 11 is 0. The van der Waals surface area contributed by atoms with Crippen molar-refractivity contribution in [1.29, 1.82) is 0 Å². The average molecular weight is 845 g/mol. The first-order chi connectivity index (χ1) is 28.9. The third kappa shape index (κ3) is 9.67. The van der Waals surface area contributed by atoms with Gasteiger partial charge in [0.1, 0.15) is 11.3 Å². The molecule has 8 nitrogen and oxygen atoms in total. The summed E-state index contributed by atoms with van der Waals surface area (Å²) in [7, 11) is -3.78. The summed E-state index contributed by atoms with van der Waals surface area (Å²) < 4.78 is 29.8. The fraction of sp³-hybridized carbons (Fsp3) is 0.423. The molecule has 9 heteroatoms. The van der Waals surface area contributed by atoms with Crippen LogP contribution in [0, 0.1) is 41.5 Å². The zero-order valence-corrected chi connectivity index (χ0v) is 38.4. The molecular weight excluding hydrogens is 781 g/mol. The largest absolute Gasteiger partial charge is 0.509 e. The molecule has 2 heterocycles. The maximum atomic E-state index is 13.2. The van der Waals surface area contributed by atoms with Gasteiger partial charge in [-0.15, -0.1) is 0 Å². The lowest BCUT2D eigenvalue weighted by atomic mass is 9.80. The average Bonchev–Trinajstić information content (AvgIpc) is 3.59. The molecule has 2 amide bonds. The molecule has 0 aromatic heterocycles. The summed E-state index contributed by atoms with van der Waals surface area (Å²) in [5, 5.41) is 17.2. The van der Waals surface area contributed by atoms with Gasteiger partial charge >= 0.3 is 10.1 Å². The highest BCUT2D eigenvalue weighted by Gasteiger charge is 2.49. The fourth-order valence-electron chi connectivity index (χ4n) is 9.42. The molecule has 4 aliphatic rings. The molecular formula is C52H64N2O6S. The van der Waals surface area contributed by atoms with E-state index in [0.717, 1.165) is 95.7 Å². The van der Waals surface area contributed by atoms with E-state index >= 15 is 0 Å². The number of carbonyl (C=O) groups excluding carboxylic acids is 2. The van der Waals surface area contributed by atoms with Crippen molar-refractivity contribution in [3.63, 3.8) is 0 Å². The summed E-state index contributed by atoms with van der Waals surface area (Å²) in [6, 6.07) is 25.1. The smallest absolute Gasteiger partial charge is 0.306 e. The predicted octanol–water partition coefficient (Wildman–Crippen LogP) is 11.6.